The molecule has 0 radical (unpaired) electrons. The Morgan fingerprint density at radius 1 is 1.06 bits per heavy atom. The van der Waals surface area contributed by atoms with Crippen molar-refractivity contribution in [3.8, 4) is 5.75 Å². The van der Waals surface area contributed by atoms with Gasteiger partial charge in [0.05, 0.1) is 22.9 Å². The van der Waals surface area contributed by atoms with Gasteiger partial charge in [0.1, 0.15) is 17.8 Å². The topological polar surface area (TPSA) is 83.0 Å². The normalized spacial score (nSPS) is 12.8. The maximum atomic E-state index is 13.4. The standard InChI is InChI=1S/C23H24N4O4S.ClH/c1-14-9-10-17(31-4)19-20(14)32-23(24-19)26(12-11-25(2)3)18(28)13-27-21(29)15-7-5-6-8-16(15)22(27)30;/h5-10H,11-13H2,1-4H3;1H. The zero-order chi connectivity index (χ0) is 23.0. The van der Waals surface area contributed by atoms with Crippen molar-refractivity contribution in [1.82, 2.24) is 14.8 Å². The summed E-state index contributed by atoms with van der Waals surface area (Å²) in [5, 5.41) is 0.510. The Morgan fingerprint density at radius 3 is 2.27 bits per heavy atom. The molecule has 33 heavy (non-hydrogen) atoms. The molecule has 2 aromatic carbocycles. The highest BCUT2D eigenvalue weighted by Crippen LogP contribution is 2.36. The third-order valence-corrected chi connectivity index (χ3v) is 6.60. The second-order valence-electron chi connectivity index (χ2n) is 7.85. The summed E-state index contributed by atoms with van der Waals surface area (Å²) in [6.45, 7) is 2.61. The molecule has 1 aliphatic rings. The Kier molecular flexibility index (Phi) is 7.36. The number of rotatable bonds is 7. The number of likely N-dealkylation sites (N-methyl/N-ethyl adjacent to an activating group) is 1. The fraction of sp³-hybridized carbons (Fsp3) is 0.304. The first-order chi connectivity index (χ1) is 15.3. The molecule has 0 atom stereocenters. The van der Waals surface area contributed by atoms with E-state index in [4.69, 9.17) is 4.74 Å². The number of nitrogens with zero attached hydrogens (tertiary/aromatic N) is 4. The van der Waals surface area contributed by atoms with Crippen molar-refractivity contribution in [3.63, 3.8) is 0 Å². The first-order valence-corrected chi connectivity index (χ1v) is 11.0. The minimum Gasteiger partial charge on any atom is -0.494 e. The minimum absolute atomic E-state index is 0. The van der Waals surface area contributed by atoms with Gasteiger partial charge in [0, 0.05) is 13.1 Å². The number of carbonyl (C=O) groups excluding carboxylic acids is 3. The highest BCUT2D eigenvalue weighted by molar-refractivity contribution is 7.22. The van der Waals surface area contributed by atoms with Crippen molar-refractivity contribution in [1.29, 1.82) is 0 Å². The van der Waals surface area contributed by atoms with Crippen molar-refractivity contribution < 1.29 is 19.1 Å². The van der Waals surface area contributed by atoms with Gasteiger partial charge in [-0.3, -0.25) is 24.2 Å². The lowest BCUT2D eigenvalue weighted by Crippen LogP contribution is -2.45. The van der Waals surface area contributed by atoms with Gasteiger partial charge in [-0.2, -0.15) is 0 Å². The summed E-state index contributed by atoms with van der Waals surface area (Å²) in [7, 11) is 5.41. The number of imide groups is 1. The van der Waals surface area contributed by atoms with Crippen LogP contribution in [0.15, 0.2) is 36.4 Å². The van der Waals surface area contributed by atoms with Gasteiger partial charge in [-0.05, 0) is 44.8 Å². The van der Waals surface area contributed by atoms with Crippen LogP contribution >= 0.6 is 23.7 Å². The number of hydrogen-bond donors (Lipinski definition) is 0. The number of aryl methyl sites for hydroxylation is 1. The van der Waals surface area contributed by atoms with Crippen LogP contribution in [-0.2, 0) is 4.79 Å². The number of thiazole rings is 1. The largest absolute Gasteiger partial charge is 0.494 e. The summed E-state index contributed by atoms with van der Waals surface area (Å²) in [6, 6.07) is 10.4. The van der Waals surface area contributed by atoms with Crippen LogP contribution in [0.2, 0.25) is 0 Å². The SMILES string of the molecule is COc1ccc(C)c2sc(N(CCN(C)C)C(=O)CN3C(=O)c4ccccc4C3=O)nc12.Cl. The molecule has 2 heterocycles. The number of hydrogen-bond acceptors (Lipinski definition) is 7. The Labute approximate surface area is 202 Å². The summed E-state index contributed by atoms with van der Waals surface area (Å²) in [5.41, 5.74) is 2.37. The number of ether oxygens (including phenoxy) is 1. The summed E-state index contributed by atoms with van der Waals surface area (Å²) >= 11 is 1.40. The van der Waals surface area contributed by atoms with Gasteiger partial charge in [-0.25, -0.2) is 4.98 Å². The van der Waals surface area contributed by atoms with E-state index < -0.39 is 11.8 Å². The van der Waals surface area contributed by atoms with E-state index in [-0.39, 0.29) is 24.9 Å². The first-order valence-electron chi connectivity index (χ1n) is 10.2. The fourth-order valence-electron chi connectivity index (χ4n) is 3.61. The lowest BCUT2D eigenvalue weighted by Gasteiger charge is -2.24. The second-order valence-corrected chi connectivity index (χ2v) is 8.83. The van der Waals surface area contributed by atoms with Gasteiger partial charge in [0.25, 0.3) is 11.8 Å². The van der Waals surface area contributed by atoms with Crippen LogP contribution in [0.4, 0.5) is 5.13 Å². The Morgan fingerprint density at radius 2 is 1.70 bits per heavy atom. The molecule has 0 bridgehead atoms. The quantitative estimate of drug-likeness (QED) is 0.475. The van der Waals surface area contributed by atoms with E-state index in [0.717, 1.165) is 15.2 Å². The van der Waals surface area contributed by atoms with E-state index in [1.165, 1.54) is 11.3 Å². The van der Waals surface area contributed by atoms with Crippen LogP contribution in [0.3, 0.4) is 0 Å². The summed E-state index contributed by atoms with van der Waals surface area (Å²) in [5.74, 6) is -0.632. The Hall–Kier alpha value is -3.01. The number of amides is 3. The number of methoxy groups -OCH3 is 1. The van der Waals surface area contributed by atoms with E-state index >= 15 is 0 Å². The number of fused-ring (bicyclic) bond motifs is 2. The average Bonchev–Trinajstić information content (AvgIpc) is 3.31. The molecule has 0 spiro atoms. The van der Waals surface area contributed by atoms with Crippen LogP contribution in [-0.4, -0.2) is 73.3 Å². The summed E-state index contributed by atoms with van der Waals surface area (Å²) in [6.07, 6.45) is 0. The van der Waals surface area contributed by atoms with E-state index in [2.05, 4.69) is 4.98 Å². The molecule has 10 heteroatoms. The molecule has 3 amide bonds. The van der Waals surface area contributed by atoms with Gasteiger partial charge in [0.15, 0.2) is 5.13 Å². The van der Waals surface area contributed by atoms with Crippen LogP contribution in [0.1, 0.15) is 26.3 Å². The second kappa shape index (κ2) is 9.86. The van der Waals surface area contributed by atoms with Gasteiger partial charge < -0.3 is 9.64 Å². The summed E-state index contributed by atoms with van der Waals surface area (Å²) < 4.78 is 6.37. The van der Waals surface area contributed by atoms with Crippen molar-refractivity contribution in [2.75, 3.05) is 45.7 Å². The highest BCUT2D eigenvalue weighted by Gasteiger charge is 2.37. The van der Waals surface area contributed by atoms with Crippen LogP contribution in [0.25, 0.3) is 10.2 Å². The average molecular weight is 489 g/mol. The minimum atomic E-state index is -0.451. The molecule has 0 saturated heterocycles. The maximum absolute atomic E-state index is 13.4. The zero-order valence-electron chi connectivity index (χ0n) is 18.8. The Balaban J connectivity index is 0.00000306. The molecule has 4 rings (SSSR count). The lowest BCUT2D eigenvalue weighted by molar-refractivity contribution is -0.119. The first kappa shape index (κ1) is 24.6. The molecular weight excluding hydrogens is 464 g/mol. The number of anilines is 1. The predicted molar refractivity (Wildman–Crippen MR) is 131 cm³/mol. The Bertz CT molecular complexity index is 1190. The fourth-order valence-corrected chi connectivity index (χ4v) is 4.70. The number of carbonyl (C=O) groups is 3. The maximum Gasteiger partial charge on any atom is 0.262 e. The molecule has 0 aliphatic carbocycles. The van der Waals surface area contributed by atoms with Gasteiger partial charge in [-0.1, -0.05) is 29.5 Å². The zero-order valence-corrected chi connectivity index (χ0v) is 20.5. The van der Waals surface area contributed by atoms with Crippen LogP contribution in [0.5, 0.6) is 5.75 Å². The molecule has 8 nitrogen and oxygen atoms in total. The third kappa shape index (κ3) is 4.57. The van der Waals surface area contributed by atoms with Gasteiger partial charge >= 0.3 is 0 Å². The highest BCUT2D eigenvalue weighted by atomic mass is 35.5. The van der Waals surface area contributed by atoms with Crippen molar-refractivity contribution >= 4 is 56.8 Å². The van der Waals surface area contributed by atoms with E-state index in [1.54, 1.807) is 36.3 Å². The molecule has 174 valence electrons. The molecule has 1 aliphatic heterocycles. The lowest BCUT2D eigenvalue weighted by atomic mass is 10.1. The van der Waals surface area contributed by atoms with E-state index in [9.17, 15) is 14.4 Å². The van der Waals surface area contributed by atoms with Crippen LogP contribution in [0, 0.1) is 6.92 Å². The molecule has 0 saturated carbocycles. The third-order valence-electron chi connectivity index (χ3n) is 5.39. The van der Waals surface area contributed by atoms with Gasteiger partial charge in [-0.15, -0.1) is 12.4 Å². The monoisotopic (exact) mass is 488 g/mol. The van der Waals surface area contributed by atoms with Crippen molar-refractivity contribution in [2.24, 2.45) is 0 Å². The predicted octanol–water partition coefficient (Wildman–Crippen LogP) is 3.23. The number of benzene rings is 2. The molecule has 0 N–H and O–H groups in total. The molecular formula is C23H25ClN4O4S. The van der Waals surface area contributed by atoms with E-state index in [1.807, 2.05) is 38.1 Å². The molecule has 1 aromatic heterocycles. The number of halogens is 1. The van der Waals surface area contributed by atoms with Gasteiger partial charge in [0.2, 0.25) is 5.91 Å². The van der Waals surface area contributed by atoms with Crippen molar-refractivity contribution in [3.05, 3.63) is 53.1 Å². The molecule has 0 unspecified atom stereocenters. The smallest absolute Gasteiger partial charge is 0.262 e. The van der Waals surface area contributed by atoms with E-state index in [0.29, 0.717) is 40.6 Å². The molecule has 0 fully saturated rings. The molecule has 3 aromatic rings. The van der Waals surface area contributed by atoms with Crippen LogP contribution < -0.4 is 9.64 Å². The number of aromatic nitrogens is 1. The summed E-state index contributed by atoms with van der Waals surface area (Å²) in [4.78, 5) is 48.0. The van der Waals surface area contributed by atoms with Crippen molar-refractivity contribution in [2.45, 2.75) is 6.92 Å².